The lowest BCUT2D eigenvalue weighted by Crippen LogP contribution is -2.39. The molecule has 1 aromatic carbocycles. The minimum Gasteiger partial charge on any atom is -0.365 e. The number of likely N-dealkylation sites (N-methyl/N-ethyl adjacent to an activating group) is 1. The molecule has 4 nitrogen and oxygen atoms in total. The highest BCUT2D eigenvalue weighted by molar-refractivity contribution is 5.64. The molecule has 0 bridgehead atoms. The number of benzene rings is 1. The van der Waals surface area contributed by atoms with E-state index in [9.17, 15) is 0 Å². The van der Waals surface area contributed by atoms with Crippen LogP contribution >= 0.6 is 0 Å². The number of anilines is 1. The van der Waals surface area contributed by atoms with Gasteiger partial charge in [-0.3, -0.25) is 0 Å². The summed E-state index contributed by atoms with van der Waals surface area (Å²) in [6.45, 7) is 6.45. The third-order valence-corrected chi connectivity index (χ3v) is 4.29. The molecule has 1 N–H and O–H groups in total. The Hall–Kier alpha value is -1.94. The standard InChI is InChI=1S/C18H24N4/c1-13-6-8-15(9-7-13)18-14(2)11-17(20-21-18)19-16-5-4-10-22(3)12-16/h6-9,11,16H,4-5,10,12H2,1-3H3,(H,19,20)/t16-/m1/s1. The van der Waals surface area contributed by atoms with Gasteiger partial charge in [-0.25, -0.2) is 0 Å². The van der Waals surface area contributed by atoms with E-state index in [1.807, 2.05) is 0 Å². The molecular formula is C18H24N4. The van der Waals surface area contributed by atoms with Gasteiger partial charge in [0.15, 0.2) is 0 Å². The van der Waals surface area contributed by atoms with Crippen molar-refractivity contribution in [2.75, 3.05) is 25.5 Å². The lowest BCUT2D eigenvalue weighted by atomic mass is 10.1. The van der Waals surface area contributed by atoms with Gasteiger partial charge in [0.05, 0.1) is 5.69 Å². The molecular weight excluding hydrogens is 272 g/mol. The first kappa shape index (κ1) is 15.0. The second kappa shape index (κ2) is 6.44. The zero-order chi connectivity index (χ0) is 15.5. The molecule has 2 heterocycles. The van der Waals surface area contributed by atoms with Crippen molar-refractivity contribution in [1.29, 1.82) is 0 Å². The van der Waals surface area contributed by atoms with Crippen molar-refractivity contribution in [3.63, 3.8) is 0 Å². The topological polar surface area (TPSA) is 41.1 Å². The molecule has 4 heteroatoms. The molecule has 0 unspecified atom stereocenters. The molecule has 0 amide bonds. The van der Waals surface area contributed by atoms with E-state index in [-0.39, 0.29) is 0 Å². The van der Waals surface area contributed by atoms with E-state index in [2.05, 4.69) is 71.6 Å². The number of rotatable bonds is 3. The number of aromatic nitrogens is 2. The normalized spacial score (nSPS) is 19.1. The van der Waals surface area contributed by atoms with Gasteiger partial charge in [0.25, 0.3) is 0 Å². The molecule has 0 aliphatic carbocycles. The molecule has 0 radical (unpaired) electrons. The fourth-order valence-corrected chi connectivity index (χ4v) is 3.05. The molecule has 22 heavy (non-hydrogen) atoms. The van der Waals surface area contributed by atoms with Crippen LogP contribution in [0.5, 0.6) is 0 Å². The lowest BCUT2D eigenvalue weighted by molar-refractivity contribution is 0.260. The lowest BCUT2D eigenvalue weighted by Gasteiger charge is -2.30. The van der Waals surface area contributed by atoms with Crippen molar-refractivity contribution in [2.24, 2.45) is 0 Å². The summed E-state index contributed by atoms with van der Waals surface area (Å²) in [4.78, 5) is 2.36. The monoisotopic (exact) mass is 296 g/mol. The zero-order valence-corrected chi connectivity index (χ0v) is 13.6. The van der Waals surface area contributed by atoms with Gasteiger partial charge in [-0.2, -0.15) is 0 Å². The van der Waals surface area contributed by atoms with Crippen molar-refractivity contribution in [3.05, 3.63) is 41.5 Å². The number of hydrogen-bond donors (Lipinski definition) is 1. The van der Waals surface area contributed by atoms with E-state index < -0.39 is 0 Å². The minimum atomic E-state index is 0.470. The van der Waals surface area contributed by atoms with Gasteiger partial charge in [0, 0.05) is 18.2 Å². The maximum Gasteiger partial charge on any atom is 0.149 e. The zero-order valence-electron chi connectivity index (χ0n) is 13.6. The smallest absolute Gasteiger partial charge is 0.149 e. The molecule has 0 spiro atoms. The van der Waals surface area contributed by atoms with Gasteiger partial charge < -0.3 is 10.2 Å². The molecule has 1 aromatic heterocycles. The first-order valence-electron chi connectivity index (χ1n) is 7.98. The highest BCUT2D eigenvalue weighted by atomic mass is 15.2. The van der Waals surface area contributed by atoms with Crippen LogP contribution in [0.25, 0.3) is 11.3 Å². The number of piperidine rings is 1. The summed E-state index contributed by atoms with van der Waals surface area (Å²) in [6.07, 6.45) is 2.44. The summed E-state index contributed by atoms with van der Waals surface area (Å²) in [6, 6.07) is 11.0. The fraction of sp³-hybridized carbons (Fsp3) is 0.444. The van der Waals surface area contributed by atoms with Crippen LogP contribution < -0.4 is 5.32 Å². The summed E-state index contributed by atoms with van der Waals surface area (Å²) in [5.74, 6) is 0.883. The Morgan fingerprint density at radius 3 is 2.59 bits per heavy atom. The number of likely N-dealkylation sites (tertiary alicyclic amines) is 1. The van der Waals surface area contributed by atoms with Gasteiger partial charge >= 0.3 is 0 Å². The third-order valence-electron chi connectivity index (χ3n) is 4.29. The Kier molecular flexibility index (Phi) is 4.39. The SMILES string of the molecule is Cc1ccc(-c2nnc(N[C@@H]3CCCN(C)C3)cc2C)cc1. The predicted octanol–water partition coefficient (Wildman–Crippen LogP) is 3.27. The minimum absolute atomic E-state index is 0.470. The van der Waals surface area contributed by atoms with Gasteiger partial charge in [-0.05, 0) is 51.9 Å². The van der Waals surface area contributed by atoms with Gasteiger partial charge in [-0.1, -0.05) is 29.8 Å². The summed E-state index contributed by atoms with van der Waals surface area (Å²) in [5.41, 5.74) is 4.51. The summed E-state index contributed by atoms with van der Waals surface area (Å²) >= 11 is 0. The molecule has 0 saturated carbocycles. The van der Waals surface area contributed by atoms with Crippen LogP contribution in [0.3, 0.4) is 0 Å². The van der Waals surface area contributed by atoms with Crippen molar-refractivity contribution in [2.45, 2.75) is 32.7 Å². The fourth-order valence-electron chi connectivity index (χ4n) is 3.05. The van der Waals surface area contributed by atoms with E-state index in [0.717, 1.165) is 29.2 Å². The Labute approximate surface area is 132 Å². The molecule has 1 atom stereocenters. The Morgan fingerprint density at radius 2 is 1.91 bits per heavy atom. The van der Waals surface area contributed by atoms with Gasteiger partial charge in [0.2, 0.25) is 0 Å². The average molecular weight is 296 g/mol. The van der Waals surface area contributed by atoms with Crippen molar-refractivity contribution in [3.8, 4) is 11.3 Å². The summed E-state index contributed by atoms with van der Waals surface area (Å²) < 4.78 is 0. The number of hydrogen-bond acceptors (Lipinski definition) is 4. The number of nitrogens with zero attached hydrogens (tertiary/aromatic N) is 3. The largest absolute Gasteiger partial charge is 0.365 e. The van der Waals surface area contributed by atoms with Crippen LogP contribution in [0, 0.1) is 13.8 Å². The summed E-state index contributed by atoms with van der Waals surface area (Å²) in [7, 11) is 2.17. The predicted molar refractivity (Wildman–Crippen MR) is 91.1 cm³/mol. The van der Waals surface area contributed by atoms with Crippen LogP contribution in [0.4, 0.5) is 5.82 Å². The van der Waals surface area contributed by atoms with E-state index >= 15 is 0 Å². The highest BCUT2D eigenvalue weighted by Crippen LogP contribution is 2.23. The first-order valence-corrected chi connectivity index (χ1v) is 7.98. The van der Waals surface area contributed by atoms with Crippen molar-refractivity contribution < 1.29 is 0 Å². The molecule has 1 aliphatic heterocycles. The number of aryl methyl sites for hydroxylation is 2. The Bertz CT molecular complexity index is 636. The van der Waals surface area contributed by atoms with E-state index in [1.54, 1.807) is 0 Å². The molecule has 1 aliphatic rings. The first-order chi connectivity index (χ1) is 10.6. The molecule has 116 valence electrons. The van der Waals surface area contributed by atoms with Crippen molar-refractivity contribution >= 4 is 5.82 Å². The molecule has 3 rings (SSSR count). The van der Waals surface area contributed by atoms with E-state index in [4.69, 9.17) is 0 Å². The van der Waals surface area contributed by atoms with Crippen LogP contribution in [-0.2, 0) is 0 Å². The quantitative estimate of drug-likeness (QED) is 0.944. The van der Waals surface area contributed by atoms with Crippen LogP contribution in [0.1, 0.15) is 24.0 Å². The average Bonchev–Trinajstić information content (AvgIpc) is 2.49. The van der Waals surface area contributed by atoms with E-state index in [1.165, 1.54) is 24.9 Å². The molecule has 1 fully saturated rings. The van der Waals surface area contributed by atoms with Crippen LogP contribution in [-0.4, -0.2) is 41.3 Å². The van der Waals surface area contributed by atoms with Gasteiger partial charge in [0.1, 0.15) is 5.82 Å². The maximum atomic E-state index is 4.44. The molecule has 1 saturated heterocycles. The molecule has 2 aromatic rings. The third kappa shape index (κ3) is 3.45. The summed E-state index contributed by atoms with van der Waals surface area (Å²) in [5, 5.41) is 12.3. The second-order valence-corrected chi connectivity index (χ2v) is 6.37. The second-order valence-electron chi connectivity index (χ2n) is 6.37. The Morgan fingerprint density at radius 1 is 1.14 bits per heavy atom. The van der Waals surface area contributed by atoms with Gasteiger partial charge in [-0.15, -0.1) is 10.2 Å². The number of nitrogens with one attached hydrogen (secondary N) is 1. The highest BCUT2D eigenvalue weighted by Gasteiger charge is 2.17. The van der Waals surface area contributed by atoms with E-state index in [0.29, 0.717) is 6.04 Å². The Balaban J connectivity index is 1.75. The van der Waals surface area contributed by atoms with Crippen LogP contribution in [0.15, 0.2) is 30.3 Å². The van der Waals surface area contributed by atoms with Crippen molar-refractivity contribution in [1.82, 2.24) is 15.1 Å². The van der Waals surface area contributed by atoms with Crippen LogP contribution in [0.2, 0.25) is 0 Å². The maximum absolute atomic E-state index is 4.44.